The Morgan fingerprint density at radius 3 is 2.27 bits per heavy atom. The van der Waals surface area contributed by atoms with Gasteiger partial charge in [-0.2, -0.15) is 0 Å². The van der Waals surface area contributed by atoms with Gasteiger partial charge < -0.3 is 5.32 Å². The fraction of sp³-hybridized carbons (Fsp3) is 1.00. The van der Waals surface area contributed by atoms with E-state index in [1.165, 1.54) is 0 Å². The minimum absolute atomic E-state index is 0.471. The lowest BCUT2D eigenvalue weighted by atomic mass is 10.5. The Bertz CT molecular complexity index is 177. The molecule has 4 nitrogen and oxygen atoms in total. The summed E-state index contributed by atoms with van der Waals surface area (Å²) in [6, 6.07) is 0. The Kier molecular flexibility index (Phi) is 5.45. The van der Waals surface area contributed by atoms with Crippen LogP contribution in [0.4, 0.5) is 0 Å². The monoisotopic (exact) mass is 180 g/mol. The molecule has 0 heterocycles. The van der Waals surface area contributed by atoms with Crippen molar-refractivity contribution in [1.29, 1.82) is 0 Å². The summed E-state index contributed by atoms with van der Waals surface area (Å²) in [6.45, 7) is 4.17. The Balaban J connectivity index is 3.16. The van der Waals surface area contributed by atoms with Crippen LogP contribution in [0, 0.1) is 0 Å². The lowest BCUT2D eigenvalue weighted by Crippen LogP contribution is -2.31. The van der Waals surface area contributed by atoms with Crippen molar-refractivity contribution in [3.63, 3.8) is 0 Å². The summed E-state index contributed by atoms with van der Waals surface area (Å²) in [5.74, 6) is 0. The van der Waals surface area contributed by atoms with Gasteiger partial charge >= 0.3 is 0 Å². The second-order valence-electron chi connectivity index (χ2n) is 2.42. The summed E-state index contributed by atoms with van der Waals surface area (Å²) >= 11 is 0. The molecule has 0 aliphatic carbocycles. The first-order valence-electron chi connectivity index (χ1n) is 3.71. The Morgan fingerprint density at radius 1 is 1.18 bits per heavy atom. The molecule has 0 atom stereocenters. The zero-order valence-electron chi connectivity index (χ0n) is 7.05. The van der Waals surface area contributed by atoms with E-state index in [-0.39, 0.29) is 0 Å². The average Bonchev–Trinajstić information content (AvgIpc) is 1.85. The number of sulfonamides is 1. The molecular formula is C6H16N2O2S. The number of nitrogens with one attached hydrogen (secondary N) is 2. The number of rotatable bonds is 6. The van der Waals surface area contributed by atoms with Crippen LogP contribution in [-0.4, -0.2) is 34.3 Å². The molecule has 0 fully saturated rings. The first-order chi connectivity index (χ1) is 5.06. The molecule has 0 spiro atoms. The van der Waals surface area contributed by atoms with Crippen LogP contribution in [-0.2, 0) is 10.0 Å². The Labute approximate surface area is 68.4 Å². The molecule has 0 bridgehead atoms. The normalized spacial score (nSPS) is 11.8. The lowest BCUT2D eigenvalue weighted by Gasteiger charge is -2.02. The van der Waals surface area contributed by atoms with Crippen LogP contribution in [0.2, 0.25) is 0 Å². The molecule has 0 aromatic heterocycles. The third-order valence-electron chi connectivity index (χ3n) is 1.09. The number of hydrogen-bond acceptors (Lipinski definition) is 3. The first kappa shape index (κ1) is 10.9. The Morgan fingerprint density at radius 2 is 1.82 bits per heavy atom. The van der Waals surface area contributed by atoms with Gasteiger partial charge in [-0.1, -0.05) is 6.92 Å². The van der Waals surface area contributed by atoms with E-state index in [2.05, 4.69) is 17.0 Å². The van der Waals surface area contributed by atoms with Crippen molar-refractivity contribution < 1.29 is 8.42 Å². The molecule has 0 radical (unpaired) electrons. The molecule has 0 aliphatic rings. The molecule has 0 saturated heterocycles. The maximum absolute atomic E-state index is 10.5. The highest BCUT2D eigenvalue weighted by Crippen LogP contribution is 1.72. The van der Waals surface area contributed by atoms with Gasteiger partial charge in [0.05, 0.1) is 6.26 Å². The van der Waals surface area contributed by atoms with E-state index >= 15 is 0 Å². The van der Waals surface area contributed by atoms with E-state index in [9.17, 15) is 8.42 Å². The molecule has 0 aromatic carbocycles. The largest absolute Gasteiger partial charge is 0.315 e. The zero-order chi connectivity index (χ0) is 8.74. The summed E-state index contributed by atoms with van der Waals surface area (Å²) in [4.78, 5) is 0. The van der Waals surface area contributed by atoms with Gasteiger partial charge in [-0.3, -0.25) is 0 Å². The summed E-state index contributed by atoms with van der Waals surface area (Å²) in [7, 11) is -3.00. The third kappa shape index (κ3) is 9.87. The van der Waals surface area contributed by atoms with Gasteiger partial charge in [0.2, 0.25) is 10.0 Å². The van der Waals surface area contributed by atoms with Crippen molar-refractivity contribution in [3.8, 4) is 0 Å². The average molecular weight is 180 g/mol. The van der Waals surface area contributed by atoms with Crippen LogP contribution < -0.4 is 10.0 Å². The standard InChI is InChI=1S/C6H16N2O2S/c1-3-4-7-5-6-8-11(2,9)10/h7-8H,3-6H2,1-2H3. The summed E-state index contributed by atoms with van der Waals surface area (Å²) in [5, 5.41) is 3.08. The fourth-order valence-electron chi connectivity index (χ4n) is 0.627. The minimum Gasteiger partial charge on any atom is -0.315 e. The molecule has 11 heavy (non-hydrogen) atoms. The minimum atomic E-state index is -3.00. The van der Waals surface area contributed by atoms with Crippen LogP contribution in [0.25, 0.3) is 0 Å². The van der Waals surface area contributed by atoms with Crippen LogP contribution >= 0.6 is 0 Å². The highest BCUT2D eigenvalue weighted by Gasteiger charge is 1.96. The maximum atomic E-state index is 10.5. The van der Waals surface area contributed by atoms with E-state index in [0.717, 1.165) is 19.2 Å². The molecule has 0 aromatic rings. The second-order valence-corrected chi connectivity index (χ2v) is 4.25. The van der Waals surface area contributed by atoms with Gasteiger partial charge in [-0.25, -0.2) is 13.1 Å². The fourth-order valence-corrected chi connectivity index (χ4v) is 1.10. The molecule has 5 heteroatoms. The van der Waals surface area contributed by atoms with Crippen LogP contribution in [0.1, 0.15) is 13.3 Å². The Hall–Kier alpha value is -0.130. The molecule has 2 N–H and O–H groups in total. The predicted octanol–water partition coefficient (Wildman–Crippen LogP) is -0.465. The van der Waals surface area contributed by atoms with E-state index in [0.29, 0.717) is 13.1 Å². The van der Waals surface area contributed by atoms with Gasteiger partial charge in [0.1, 0.15) is 0 Å². The van der Waals surface area contributed by atoms with E-state index in [1.54, 1.807) is 0 Å². The topological polar surface area (TPSA) is 58.2 Å². The SMILES string of the molecule is CCCNCCNS(C)(=O)=O. The summed E-state index contributed by atoms with van der Waals surface area (Å²) in [5.41, 5.74) is 0. The first-order valence-corrected chi connectivity index (χ1v) is 5.60. The molecule has 0 unspecified atom stereocenters. The third-order valence-corrected chi connectivity index (χ3v) is 1.82. The van der Waals surface area contributed by atoms with Crippen molar-refractivity contribution in [2.75, 3.05) is 25.9 Å². The highest BCUT2D eigenvalue weighted by atomic mass is 32.2. The van der Waals surface area contributed by atoms with Crippen molar-refractivity contribution in [2.24, 2.45) is 0 Å². The van der Waals surface area contributed by atoms with Crippen molar-refractivity contribution in [3.05, 3.63) is 0 Å². The molecule has 0 saturated carbocycles. The molecular weight excluding hydrogens is 164 g/mol. The van der Waals surface area contributed by atoms with Crippen LogP contribution in [0.3, 0.4) is 0 Å². The summed E-state index contributed by atoms with van der Waals surface area (Å²) in [6.07, 6.45) is 2.23. The highest BCUT2D eigenvalue weighted by molar-refractivity contribution is 7.88. The summed E-state index contributed by atoms with van der Waals surface area (Å²) < 4.78 is 23.4. The van der Waals surface area contributed by atoms with Gasteiger partial charge in [-0.05, 0) is 13.0 Å². The van der Waals surface area contributed by atoms with Gasteiger partial charge in [-0.15, -0.1) is 0 Å². The van der Waals surface area contributed by atoms with Crippen LogP contribution in [0.5, 0.6) is 0 Å². The zero-order valence-corrected chi connectivity index (χ0v) is 7.87. The van der Waals surface area contributed by atoms with Crippen LogP contribution in [0.15, 0.2) is 0 Å². The number of hydrogen-bond donors (Lipinski definition) is 2. The van der Waals surface area contributed by atoms with Gasteiger partial charge in [0, 0.05) is 13.1 Å². The van der Waals surface area contributed by atoms with E-state index < -0.39 is 10.0 Å². The quantitative estimate of drug-likeness (QED) is 0.544. The molecule has 0 amide bonds. The molecule has 68 valence electrons. The van der Waals surface area contributed by atoms with Crippen molar-refractivity contribution in [2.45, 2.75) is 13.3 Å². The van der Waals surface area contributed by atoms with E-state index in [4.69, 9.17) is 0 Å². The van der Waals surface area contributed by atoms with Gasteiger partial charge in [0.25, 0.3) is 0 Å². The predicted molar refractivity (Wildman–Crippen MR) is 46.0 cm³/mol. The maximum Gasteiger partial charge on any atom is 0.208 e. The van der Waals surface area contributed by atoms with Crippen molar-refractivity contribution in [1.82, 2.24) is 10.0 Å². The second kappa shape index (κ2) is 5.51. The smallest absolute Gasteiger partial charge is 0.208 e. The lowest BCUT2D eigenvalue weighted by molar-refractivity contribution is 0.581. The van der Waals surface area contributed by atoms with E-state index in [1.807, 2.05) is 0 Å². The molecule has 0 rings (SSSR count). The van der Waals surface area contributed by atoms with Crippen molar-refractivity contribution >= 4 is 10.0 Å². The molecule has 0 aliphatic heterocycles. The van der Waals surface area contributed by atoms with Gasteiger partial charge in [0.15, 0.2) is 0 Å².